The van der Waals surface area contributed by atoms with Gasteiger partial charge in [-0.1, -0.05) is 0 Å². The zero-order valence-electron chi connectivity index (χ0n) is 10.0. The molecule has 0 bridgehead atoms. The number of nitrogens with zero attached hydrogens (tertiary/aromatic N) is 1. The van der Waals surface area contributed by atoms with Crippen molar-refractivity contribution in [1.29, 1.82) is 0 Å². The molecule has 19 heavy (non-hydrogen) atoms. The van der Waals surface area contributed by atoms with E-state index < -0.39 is 35.8 Å². The lowest BCUT2D eigenvalue weighted by atomic mass is 9.97. The Hall–Kier alpha value is -0.510. The number of aliphatic hydroxyl groups is 3. The SMILES string of the molecule is CNC1=N[C@@H]2[C@@H](O)[C@H](O)C([C@@H](O)C(F)(F)F)S[C@@H]2C1. The average Bonchev–Trinajstić information content (AvgIpc) is 2.75. The first-order chi connectivity index (χ1) is 8.75. The van der Waals surface area contributed by atoms with Crippen molar-refractivity contribution >= 4 is 17.6 Å². The number of amidine groups is 1. The van der Waals surface area contributed by atoms with Gasteiger partial charge in [0.15, 0.2) is 6.10 Å². The molecule has 110 valence electrons. The molecule has 6 atom stereocenters. The number of thioether (sulfide) groups is 1. The van der Waals surface area contributed by atoms with Crippen LogP contribution in [0.25, 0.3) is 0 Å². The maximum Gasteiger partial charge on any atom is 0.415 e. The van der Waals surface area contributed by atoms with Gasteiger partial charge in [-0.2, -0.15) is 13.2 Å². The average molecular weight is 300 g/mol. The Bertz CT molecular complexity index is 380. The van der Waals surface area contributed by atoms with Crippen molar-refractivity contribution in [2.24, 2.45) is 4.99 Å². The van der Waals surface area contributed by atoms with E-state index in [2.05, 4.69) is 10.3 Å². The van der Waals surface area contributed by atoms with Crippen molar-refractivity contribution in [2.45, 2.75) is 47.5 Å². The Balaban J connectivity index is 2.16. The molecule has 2 heterocycles. The molecular formula is C10H15F3N2O3S. The molecule has 1 fully saturated rings. The Kier molecular flexibility index (Phi) is 4.01. The lowest BCUT2D eigenvalue weighted by molar-refractivity contribution is -0.212. The summed E-state index contributed by atoms with van der Waals surface area (Å²) in [5.41, 5.74) is 0. The Morgan fingerprint density at radius 3 is 2.53 bits per heavy atom. The molecular weight excluding hydrogens is 285 g/mol. The molecule has 0 aromatic rings. The summed E-state index contributed by atoms with van der Waals surface area (Å²) >= 11 is 0.833. The van der Waals surface area contributed by atoms with Gasteiger partial charge in [0.25, 0.3) is 0 Å². The van der Waals surface area contributed by atoms with Gasteiger partial charge in [-0.05, 0) is 0 Å². The highest BCUT2D eigenvalue weighted by atomic mass is 32.2. The smallest absolute Gasteiger partial charge is 0.389 e. The number of aliphatic imine (C=N–C) groups is 1. The predicted octanol–water partition coefficient (Wildman–Crippen LogP) is -0.494. The number of hydrogen-bond donors (Lipinski definition) is 4. The molecule has 9 heteroatoms. The maximum absolute atomic E-state index is 12.5. The van der Waals surface area contributed by atoms with Crippen LogP contribution in [0.1, 0.15) is 6.42 Å². The summed E-state index contributed by atoms with van der Waals surface area (Å²) in [7, 11) is 1.63. The molecule has 1 saturated heterocycles. The minimum absolute atomic E-state index is 0.372. The van der Waals surface area contributed by atoms with Gasteiger partial charge in [0, 0.05) is 18.7 Å². The van der Waals surface area contributed by atoms with Crippen molar-refractivity contribution in [3.63, 3.8) is 0 Å². The van der Waals surface area contributed by atoms with Gasteiger partial charge in [0.2, 0.25) is 0 Å². The molecule has 0 aliphatic carbocycles. The van der Waals surface area contributed by atoms with E-state index in [1.807, 2.05) is 0 Å². The summed E-state index contributed by atoms with van der Waals surface area (Å²) in [6, 6.07) is -0.640. The van der Waals surface area contributed by atoms with E-state index in [1.165, 1.54) is 0 Å². The quantitative estimate of drug-likeness (QED) is 0.525. The van der Waals surface area contributed by atoms with Gasteiger partial charge in [-0.25, -0.2) is 0 Å². The van der Waals surface area contributed by atoms with Crippen molar-refractivity contribution in [2.75, 3.05) is 7.05 Å². The van der Waals surface area contributed by atoms with Crippen LogP contribution in [0.3, 0.4) is 0 Å². The topological polar surface area (TPSA) is 85.1 Å². The molecule has 4 N–H and O–H groups in total. The minimum Gasteiger partial charge on any atom is -0.389 e. The summed E-state index contributed by atoms with van der Waals surface area (Å²) < 4.78 is 37.6. The molecule has 0 saturated carbocycles. The fraction of sp³-hybridized carbons (Fsp3) is 0.900. The van der Waals surface area contributed by atoms with Crippen LogP contribution in [0.15, 0.2) is 4.99 Å². The van der Waals surface area contributed by atoms with Crippen LogP contribution in [0.5, 0.6) is 0 Å². The molecule has 0 amide bonds. The monoisotopic (exact) mass is 300 g/mol. The number of fused-ring (bicyclic) bond motifs is 1. The van der Waals surface area contributed by atoms with E-state index in [0.717, 1.165) is 11.8 Å². The van der Waals surface area contributed by atoms with Gasteiger partial charge in [0.05, 0.1) is 23.2 Å². The van der Waals surface area contributed by atoms with Gasteiger partial charge in [-0.15, -0.1) is 11.8 Å². The third-order valence-electron chi connectivity index (χ3n) is 3.38. The molecule has 0 aromatic carbocycles. The zero-order valence-corrected chi connectivity index (χ0v) is 10.8. The summed E-state index contributed by atoms with van der Waals surface area (Å²) in [6.07, 6.45) is -10.2. The van der Waals surface area contributed by atoms with Crippen molar-refractivity contribution in [3.05, 3.63) is 0 Å². The number of hydrogen-bond acceptors (Lipinski definition) is 6. The van der Waals surface area contributed by atoms with E-state index in [4.69, 9.17) is 0 Å². The molecule has 5 nitrogen and oxygen atoms in total. The maximum atomic E-state index is 12.5. The van der Waals surface area contributed by atoms with Crippen LogP contribution >= 0.6 is 11.8 Å². The van der Waals surface area contributed by atoms with Crippen LogP contribution in [0, 0.1) is 0 Å². The van der Waals surface area contributed by atoms with Crippen LogP contribution < -0.4 is 5.32 Å². The van der Waals surface area contributed by atoms with E-state index in [-0.39, 0.29) is 5.25 Å². The second kappa shape index (κ2) is 5.12. The highest BCUT2D eigenvalue weighted by Gasteiger charge is 2.54. The summed E-state index contributed by atoms with van der Waals surface area (Å²) in [4.78, 5) is 4.13. The fourth-order valence-corrected chi connectivity index (χ4v) is 4.01. The molecule has 1 unspecified atom stereocenters. The number of alkyl halides is 3. The largest absolute Gasteiger partial charge is 0.415 e. The highest BCUT2D eigenvalue weighted by molar-refractivity contribution is 8.00. The summed E-state index contributed by atoms with van der Waals surface area (Å²) in [5.74, 6) is 0.580. The van der Waals surface area contributed by atoms with E-state index in [0.29, 0.717) is 12.3 Å². The first kappa shape index (κ1) is 14.9. The predicted molar refractivity (Wildman–Crippen MR) is 64.1 cm³/mol. The Morgan fingerprint density at radius 2 is 2.00 bits per heavy atom. The second-order valence-electron chi connectivity index (χ2n) is 4.63. The fourth-order valence-electron chi connectivity index (χ4n) is 2.34. The van der Waals surface area contributed by atoms with E-state index in [9.17, 15) is 28.5 Å². The molecule has 0 aromatic heterocycles. The lowest BCUT2D eigenvalue weighted by Gasteiger charge is -2.40. The minimum atomic E-state index is -4.82. The van der Waals surface area contributed by atoms with Gasteiger partial charge >= 0.3 is 6.18 Å². The van der Waals surface area contributed by atoms with Gasteiger partial charge in [-0.3, -0.25) is 4.99 Å². The second-order valence-corrected chi connectivity index (χ2v) is 6.05. The lowest BCUT2D eigenvalue weighted by Crippen LogP contribution is -2.57. The normalized spacial score (nSPS) is 40.6. The first-order valence-electron chi connectivity index (χ1n) is 5.76. The zero-order chi connectivity index (χ0) is 14.4. The van der Waals surface area contributed by atoms with E-state index in [1.54, 1.807) is 7.05 Å². The third-order valence-corrected chi connectivity index (χ3v) is 5.03. The third kappa shape index (κ3) is 2.69. The Morgan fingerprint density at radius 1 is 1.37 bits per heavy atom. The highest BCUT2D eigenvalue weighted by Crippen LogP contribution is 2.43. The van der Waals surface area contributed by atoms with Crippen LogP contribution in [0.2, 0.25) is 0 Å². The molecule has 0 spiro atoms. The first-order valence-corrected chi connectivity index (χ1v) is 6.70. The molecule has 2 aliphatic heterocycles. The summed E-state index contributed by atoms with van der Waals surface area (Å²) in [5, 5.41) is 29.8. The van der Waals surface area contributed by atoms with Gasteiger partial charge < -0.3 is 20.6 Å². The molecule has 0 radical (unpaired) electrons. The van der Waals surface area contributed by atoms with E-state index >= 15 is 0 Å². The van der Waals surface area contributed by atoms with Crippen molar-refractivity contribution in [3.8, 4) is 0 Å². The van der Waals surface area contributed by atoms with Gasteiger partial charge in [0.1, 0.15) is 6.10 Å². The standard InChI is InChI=1S/C10H15F3N2O3S/c1-14-4-2-3-5(15-4)6(16)7(17)8(19-3)9(18)10(11,12)13/h3,5-9,16-18H,2H2,1H3,(H,14,15)/t3-,5+,6-,7+,8?,9-/m1/s1. The molecule has 2 aliphatic rings. The van der Waals surface area contributed by atoms with Crippen LogP contribution in [-0.4, -0.2) is 69.2 Å². The number of aliphatic hydroxyl groups excluding tert-OH is 3. The van der Waals surface area contributed by atoms with Crippen molar-refractivity contribution < 1.29 is 28.5 Å². The Labute approximate surface area is 111 Å². The van der Waals surface area contributed by atoms with Crippen LogP contribution in [0.4, 0.5) is 13.2 Å². The van der Waals surface area contributed by atoms with Crippen LogP contribution in [-0.2, 0) is 0 Å². The summed E-state index contributed by atoms with van der Waals surface area (Å²) in [6.45, 7) is 0. The number of rotatable bonds is 1. The molecule has 2 rings (SSSR count). The number of nitrogens with one attached hydrogen (secondary N) is 1. The number of halogens is 3. The van der Waals surface area contributed by atoms with Crippen molar-refractivity contribution in [1.82, 2.24) is 5.32 Å².